The van der Waals surface area contributed by atoms with Crippen LogP contribution in [-0.4, -0.2) is 4.92 Å². The second-order valence-corrected chi connectivity index (χ2v) is 8.03. The van der Waals surface area contributed by atoms with E-state index >= 15 is 0 Å². The molecule has 0 bridgehead atoms. The van der Waals surface area contributed by atoms with Gasteiger partial charge in [-0.05, 0) is 72.2 Å². The minimum atomic E-state index is -0.384. The smallest absolute Gasteiger partial charge is 0.269 e. The summed E-state index contributed by atoms with van der Waals surface area (Å²) in [4.78, 5) is 10.9. The predicted octanol–water partition coefficient (Wildman–Crippen LogP) is 7.36. The Morgan fingerprint density at radius 3 is 2.43 bits per heavy atom. The van der Waals surface area contributed by atoms with E-state index in [4.69, 9.17) is 16.3 Å². The molecule has 4 rings (SSSR count). The largest absolute Gasteiger partial charge is 0.489 e. The van der Waals surface area contributed by atoms with Crippen LogP contribution in [0.3, 0.4) is 0 Å². The molecular weight excluding hydrogens is 398 g/mol. The zero-order valence-corrected chi connectivity index (χ0v) is 17.3. The normalized spacial score (nSPS) is 14.4. The van der Waals surface area contributed by atoms with Crippen molar-refractivity contribution in [2.75, 3.05) is 0 Å². The maximum absolute atomic E-state index is 11.3. The Labute approximate surface area is 181 Å². The standard InChI is InChI=1S/C25H23ClNO3/c26-22-10-6-20(7-11-22)25-15-12-23(27(28)29)16-21(25)17-30-24-13-8-19(9-14-24)18-4-2-1-3-5-18/h4,6-16,18H,1-3,5,17H2. The van der Waals surface area contributed by atoms with Crippen LogP contribution in [0.1, 0.15) is 42.7 Å². The lowest BCUT2D eigenvalue weighted by atomic mass is 9.84. The summed E-state index contributed by atoms with van der Waals surface area (Å²) in [5.74, 6) is 1.28. The fraction of sp³-hybridized carbons (Fsp3) is 0.240. The third kappa shape index (κ3) is 4.82. The van der Waals surface area contributed by atoms with Gasteiger partial charge in [-0.2, -0.15) is 0 Å². The summed E-state index contributed by atoms with van der Waals surface area (Å²) < 4.78 is 6.00. The Kier molecular flexibility index (Phi) is 6.34. The molecule has 1 aliphatic rings. The Morgan fingerprint density at radius 2 is 1.77 bits per heavy atom. The number of hydrogen-bond donors (Lipinski definition) is 0. The number of ether oxygens (including phenoxy) is 1. The van der Waals surface area contributed by atoms with Crippen molar-refractivity contribution < 1.29 is 9.66 Å². The van der Waals surface area contributed by atoms with Crippen LogP contribution < -0.4 is 4.74 Å². The van der Waals surface area contributed by atoms with E-state index < -0.39 is 0 Å². The lowest BCUT2D eigenvalue weighted by Gasteiger charge is -2.21. The van der Waals surface area contributed by atoms with Gasteiger partial charge in [-0.3, -0.25) is 10.1 Å². The molecule has 0 amide bonds. The van der Waals surface area contributed by atoms with Gasteiger partial charge in [-0.25, -0.2) is 0 Å². The summed E-state index contributed by atoms with van der Waals surface area (Å²) in [6.45, 7) is 0.245. The van der Waals surface area contributed by atoms with E-state index in [2.05, 4.69) is 18.6 Å². The third-order valence-electron chi connectivity index (χ3n) is 5.58. The van der Waals surface area contributed by atoms with Gasteiger partial charge < -0.3 is 4.74 Å². The van der Waals surface area contributed by atoms with Crippen LogP contribution in [0, 0.1) is 16.5 Å². The maximum atomic E-state index is 11.3. The number of rotatable bonds is 6. The zero-order chi connectivity index (χ0) is 20.9. The van der Waals surface area contributed by atoms with Gasteiger partial charge in [-0.15, -0.1) is 0 Å². The molecule has 1 aliphatic carbocycles. The highest BCUT2D eigenvalue weighted by atomic mass is 35.5. The molecule has 0 spiro atoms. The molecular formula is C25H23ClNO3. The first-order valence-electron chi connectivity index (χ1n) is 10.2. The fourth-order valence-corrected chi connectivity index (χ4v) is 4.07. The van der Waals surface area contributed by atoms with Crippen molar-refractivity contribution in [2.45, 2.75) is 38.2 Å². The van der Waals surface area contributed by atoms with Gasteiger partial charge in [0.05, 0.1) is 4.92 Å². The van der Waals surface area contributed by atoms with Gasteiger partial charge in [0.1, 0.15) is 12.4 Å². The van der Waals surface area contributed by atoms with Crippen molar-refractivity contribution in [3.8, 4) is 16.9 Å². The predicted molar refractivity (Wildman–Crippen MR) is 120 cm³/mol. The van der Waals surface area contributed by atoms with Crippen LogP contribution >= 0.6 is 11.6 Å². The Hall–Kier alpha value is -2.85. The summed E-state index contributed by atoms with van der Waals surface area (Å²) in [6.07, 6.45) is 7.36. The molecule has 153 valence electrons. The van der Waals surface area contributed by atoms with E-state index in [1.165, 1.54) is 37.3 Å². The Balaban J connectivity index is 1.53. The highest BCUT2D eigenvalue weighted by Crippen LogP contribution is 2.33. The summed E-state index contributed by atoms with van der Waals surface area (Å²) in [7, 11) is 0. The van der Waals surface area contributed by atoms with Crippen LogP contribution in [0.15, 0.2) is 66.7 Å². The average molecular weight is 421 g/mol. The van der Waals surface area contributed by atoms with E-state index in [9.17, 15) is 10.1 Å². The molecule has 1 atom stereocenters. The van der Waals surface area contributed by atoms with Crippen LogP contribution in [-0.2, 0) is 6.61 Å². The van der Waals surface area contributed by atoms with Crippen molar-refractivity contribution in [1.82, 2.24) is 0 Å². The molecule has 4 nitrogen and oxygen atoms in total. The van der Waals surface area contributed by atoms with Crippen molar-refractivity contribution >= 4 is 17.3 Å². The Morgan fingerprint density at radius 1 is 1.00 bits per heavy atom. The van der Waals surface area contributed by atoms with E-state index in [1.54, 1.807) is 12.1 Å². The number of hydrogen-bond acceptors (Lipinski definition) is 3. The minimum absolute atomic E-state index is 0.0505. The van der Waals surface area contributed by atoms with Crippen LogP contribution in [0.2, 0.25) is 5.02 Å². The molecule has 0 N–H and O–H groups in total. The molecule has 5 heteroatoms. The summed E-state index contributed by atoms with van der Waals surface area (Å²) in [6, 6.07) is 20.5. The second-order valence-electron chi connectivity index (χ2n) is 7.59. The molecule has 30 heavy (non-hydrogen) atoms. The first kappa shape index (κ1) is 20.4. The van der Waals surface area contributed by atoms with Crippen molar-refractivity contribution in [3.63, 3.8) is 0 Å². The highest BCUT2D eigenvalue weighted by Gasteiger charge is 2.16. The van der Waals surface area contributed by atoms with Gasteiger partial charge in [0.2, 0.25) is 0 Å². The summed E-state index contributed by atoms with van der Waals surface area (Å²) >= 11 is 6.00. The number of halogens is 1. The molecule has 1 fully saturated rings. The molecule has 3 aromatic rings. The SMILES string of the molecule is O=[N+]([O-])c1ccc(-c2ccc(Cl)cc2)c(COc2ccc(C3[CH]CCCC3)cc2)c1. The van der Waals surface area contributed by atoms with Crippen molar-refractivity contribution in [1.29, 1.82) is 0 Å². The lowest BCUT2D eigenvalue weighted by molar-refractivity contribution is -0.384. The molecule has 0 aromatic heterocycles. The van der Waals surface area contributed by atoms with E-state index in [-0.39, 0.29) is 17.2 Å². The van der Waals surface area contributed by atoms with E-state index in [0.29, 0.717) is 10.9 Å². The van der Waals surface area contributed by atoms with Crippen LogP contribution in [0.5, 0.6) is 5.75 Å². The second kappa shape index (κ2) is 9.31. The van der Waals surface area contributed by atoms with E-state index in [0.717, 1.165) is 22.4 Å². The zero-order valence-electron chi connectivity index (χ0n) is 16.6. The third-order valence-corrected chi connectivity index (χ3v) is 5.83. The number of nitro benzene ring substituents is 1. The molecule has 0 saturated heterocycles. The van der Waals surface area contributed by atoms with Gasteiger partial charge in [-0.1, -0.05) is 48.7 Å². The Bertz CT molecular complexity index is 1010. The monoisotopic (exact) mass is 420 g/mol. The number of nitro groups is 1. The van der Waals surface area contributed by atoms with Gasteiger partial charge >= 0.3 is 0 Å². The molecule has 3 aromatic carbocycles. The highest BCUT2D eigenvalue weighted by molar-refractivity contribution is 6.30. The van der Waals surface area contributed by atoms with Crippen LogP contribution in [0.25, 0.3) is 11.1 Å². The summed E-state index contributed by atoms with van der Waals surface area (Å²) in [5, 5.41) is 11.9. The topological polar surface area (TPSA) is 52.4 Å². The number of benzene rings is 3. The minimum Gasteiger partial charge on any atom is -0.489 e. The van der Waals surface area contributed by atoms with Crippen LogP contribution in [0.4, 0.5) is 5.69 Å². The first-order chi connectivity index (χ1) is 14.6. The average Bonchev–Trinajstić information content (AvgIpc) is 2.79. The lowest BCUT2D eigenvalue weighted by Crippen LogP contribution is -2.05. The van der Waals surface area contributed by atoms with E-state index in [1.807, 2.05) is 36.4 Å². The molecule has 1 saturated carbocycles. The molecule has 0 heterocycles. The maximum Gasteiger partial charge on any atom is 0.269 e. The van der Waals surface area contributed by atoms with Crippen molar-refractivity contribution in [2.24, 2.45) is 0 Å². The van der Waals surface area contributed by atoms with Gasteiger partial charge in [0, 0.05) is 22.7 Å². The molecule has 1 unspecified atom stereocenters. The first-order valence-corrected chi connectivity index (χ1v) is 10.6. The summed E-state index contributed by atoms with van der Waals surface area (Å²) in [5.41, 5.74) is 3.96. The number of nitrogens with zero attached hydrogens (tertiary/aromatic N) is 1. The van der Waals surface area contributed by atoms with Gasteiger partial charge in [0.25, 0.3) is 5.69 Å². The molecule has 0 aliphatic heterocycles. The van der Waals surface area contributed by atoms with Gasteiger partial charge in [0.15, 0.2) is 0 Å². The quantitative estimate of drug-likeness (QED) is 0.309. The van der Waals surface area contributed by atoms with Crippen molar-refractivity contribution in [3.05, 3.63) is 99.4 Å². The number of non-ortho nitro benzene ring substituents is 1. The molecule has 1 radical (unpaired) electrons. The fourth-order valence-electron chi connectivity index (χ4n) is 3.94.